The molecule has 0 aromatic heterocycles. The standard InChI is InChI=1S/C21H26N2O2/c1-23(2)19(16-13-14-16)15-22-20(24)21(25,17-9-5-3-6-10-17)18-11-7-4-8-12-18/h3-12,16,19,25H,13-15H2,1-2H3,(H,22,24). The van der Waals surface area contributed by atoms with E-state index in [0.717, 1.165) is 0 Å². The van der Waals surface area contributed by atoms with Crippen LogP contribution in [0.15, 0.2) is 60.7 Å². The van der Waals surface area contributed by atoms with E-state index in [9.17, 15) is 9.90 Å². The topological polar surface area (TPSA) is 52.6 Å². The van der Waals surface area contributed by atoms with Crippen molar-refractivity contribution in [3.63, 3.8) is 0 Å². The van der Waals surface area contributed by atoms with E-state index in [-0.39, 0.29) is 5.91 Å². The molecule has 4 nitrogen and oxygen atoms in total. The van der Waals surface area contributed by atoms with Crippen molar-refractivity contribution >= 4 is 5.91 Å². The Morgan fingerprint density at radius 2 is 1.56 bits per heavy atom. The van der Waals surface area contributed by atoms with E-state index in [2.05, 4.69) is 10.2 Å². The highest BCUT2D eigenvalue weighted by Crippen LogP contribution is 2.35. The van der Waals surface area contributed by atoms with Crippen LogP contribution in [-0.4, -0.2) is 42.6 Å². The van der Waals surface area contributed by atoms with Gasteiger partial charge in [-0.15, -0.1) is 0 Å². The summed E-state index contributed by atoms with van der Waals surface area (Å²) in [5.74, 6) is 0.259. The molecule has 0 saturated heterocycles. The van der Waals surface area contributed by atoms with Gasteiger partial charge in [-0.05, 0) is 44.0 Å². The molecule has 1 aliphatic rings. The molecule has 2 aromatic rings. The second kappa shape index (κ2) is 7.38. The summed E-state index contributed by atoms with van der Waals surface area (Å²) in [6.45, 7) is 0.540. The number of hydrogen-bond acceptors (Lipinski definition) is 3. The molecule has 0 heterocycles. The van der Waals surface area contributed by atoms with Gasteiger partial charge in [0.25, 0.3) is 5.91 Å². The molecule has 1 unspecified atom stereocenters. The van der Waals surface area contributed by atoms with Crippen LogP contribution in [0.1, 0.15) is 24.0 Å². The molecule has 1 fully saturated rings. The normalized spacial score (nSPS) is 15.8. The fourth-order valence-corrected chi connectivity index (χ4v) is 3.36. The van der Waals surface area contributed by atoms with E-state index in [1.54, 1.807) is 24.3 Å². The molecule has 0 radical (unpaired) electrons. The maximum absolute atomic E-state index is 13.1. The molecule has 2 N–H and O–H groups in total. The molecule has 0 aliphatic heterocycles. The first-order valence-corrected chi connectivity index (χ1v) is 8.81. The summed E-state index contributed by atoms with van der Waals surface area (Å²) >= 11 is 0. The van der Waals surface area contributed by atoms with Gasteiger partial charge in [-0.2, -0.15) is 0 Å². The van der Waals surface area contributed by atoms with Crippen molar-refractivity contribution in [1.82, 2.24) is 10.2 Å². The van der Waals surface area contributed by atoms with Gasteiger partial charge in [-0.1, -0.05) is 60.7 Å². The minimum atomic E-state index is -1.69. The quantitative estimate of drug-likeness (QED) is 0.815. The summed E-state index contributed by atoms with van der Waals surface area (Å²) in [6, 6.07) is 18.6. The van der Waals surface area contributed by atoms with Crippen molar-refractivity contribution in [3.8, 4) is 0 Å². The molecule has 1 aliphatic carbocycles. The Bertz CT molecular complexity index is 655. The second-order valence-electron chi connectivity index (χ2n) is 7.02. The summed E-state index contributed by atoms with van der Waals surface area (Å²) in [6.07, 6.45) is 2.42. The number of carbonyl (C=O) groups is 1. The fraction of sp³-hybridized carbons (Fsp3) is 0.381. The predicted octanol–water partition coefficient (Wildman–Crippen LogP) is 2.38. The maximum atomic E-state index is 13.1. The maximum Gasteiger partial charge on any atom is 0.261 e. The number of likely N-dealkylation sites (N-methyl/N-ethyl adjacent to an activating group) is 1. The average molecular weight is 338 g/mol. The van der Waals surface area contributed by atoms with Crippen LogP contribution < -0.4 is 5.32 Å². The lowest BCUT2D eigenvalue weighted by Crippen LogP contribution is -2.49. The van der Waals surface area contributed by atoms with E-state index in [4.69, 9.17) is 0 Å². The SMILES string of the molecule is CN(C)C(CNC(=O)C(O)(c1ccccc1)c1ccccc1)C1CC1. The number of benzene rings is 2. The van der Waals surface area contributed by atoms with Crippen LogP contribution in [0.2, 0.25) is 0 Å². The van der Waals surface area contributed by atoms with Crippen LogP contribution in [0, 0.1) is 5.92 Å². The number of rotatable bonds is 7. The van der Waals surface area contributed by atoms with Crippen molar-refractivity contribution in [2.45, 2.75) is 24.5 Å². The molecule has 1 amide bonds. The van der Waals surface area contributed by atoms with Crippen molar-refractivity contribution in [3.05, 3.63) is 71.8 Å². The molecule has 1 saturated carbocycles. The Balaban J connectivity index is 1.85. The van der Waals surface area contributed by atoms with Crippen molar-refractivity contribution in [1.29, 1.82) is 0 Å². The highest BCUT2D eigenvalue weighted by Gasteiger charge is 2.41. The third-order valence-electron chi connectivity index (χ3n) is 5.01. The molecule has 0 spiro atoms. The summed E-state index contributed by atoms with van der Waals surface area (Å²) in [4.78, 5) is 15.2. The molecular weight excluding hydrogens is 312 g/mol. The van der Waals surface area contributed by atoms with Gasteiger partial charge in [0.15, 0.2) is 5.60 Å². The van der Waals surface area contributed by atoms with Gasteiger partial charge in [-0.25, -0.2) is 0 Å². The van der Waals surface area contributed by atoms with Gasteiger partial charge < -0.3 is 15.3 Å². The highest BCUT2D eigenvalue weighted by molar-refractivity contribution is 5.90. The number of amides is 1. The average Bonchev–Trinajstić information content (AvgIpc) is 3.47. The molecular formula is C21H26N2O2. The third-order valence-corrected chi connectivity index (χ3v) is 5.01. The van der Waals surface area contributed by atoms with Gasteiger partial charge in [0, 0.05) is 12.6 Å². The predicted molar refractivity (Wildman–Crippen MR) is 99.1 cm³/mol. The van der Waals surface area contributed by atoms with Gasteiger partial charge in [0.1, 0.15) is 0 Å². The van der Waals surface area contributed by atoms with Crippen LogP contribution in [-0.2, 0) is 10.4 Å². The lowest BCUT2D eigenvalue weighted by molar-refractivity contribution is -0.137. The smallest absolute Gasteiger partial charge is 0.261 e. The van der Waals surface area contributed by atoms with E-state index >= 15 is 0 Å². The summed E-state index contributed by atoms with van der Waals surface area (Å²) in [5, 5.41) is 14.4. The molecule has 0 bridgehead atoms. The van der Waals surface area contributed by atoms with Crippen molar-refractivity contribution in [2.24, 2.45) is 5.92 Å². The minimum absolute atomic E-state index is 0.305. The molecule has 3 rings (SSSR count). The van der Waals surface area contributed by atoms with E-state index in [1.807, 2.05) is 50.5 Å². The van der Waals surface area contributed by atoms with E-state index < -0.39 is 5.60 Å². The minimum Gasteiger partial charge on any atom is -0.372 e. The van der Waals surface area contributed by atoms with Gasteiger partial charge >= 0.3 is 0 Å². The Labute approximate surface area is 149 Å². The number of nitrogens with one attached hydrogen (secondary N) is 1. The number of carbonyl (C=O) groups excluding carboxylic acids is 1. The van der Waals surface area contributed by atoms with Crippen LogP contribution in [0.25, 0.3) is 0 Å². The summed E-state index contributed by atoms with van der Waals surface area (Å²) < 4.78 is 0. The Morgan fingerprint density at radius 3 is 1.96 bits per heavy atom. The molecule has 4 heteroatoms. The fourth-order valence-electron chi connectivity index (χ4n) is 3.36. The Hall–Kier alpha value is -2.17. The number of aliphatic hydroxyl groups is 1. The lowest BCUT2D eigenvalue weighted by atomic mass is 9.85. The lowest BCUT2D eigenvalue weighted by Gasteiger charge is -2.30. The Morgan fingerprint density at radius 1 is 1.08 bits per heavy atom. The van der Waals surface area contributed by atoms with Crippen molar-refractivity contribution < 1.29 is 9.90 Å². The van der Waals surface area contributed by atoms with Gasteiger partial charge in [0.2, 0.25) is 0 Å². The van der Waals surface area contributed by atoms with Gasteiger partial charge in [0.05, 0.1) is 0 Å². The first-order valence-electron chi connectivity index (χ1n) is 8.81. The largest absolute Gasteiger partial charge is 0.372 e. The first-order chi connectivity index (χ1) is 12.0. The second-order valence-corrected chi connectivity index (χ2v) is 7.02. The van der Waals surface area contributed by atoms with Crippen molar-refractivity contribution in [2.75, 3.05) is 20.6 Å². The summed E-state index contributed by atoms with van der Waals surface area (Å²) in [5.41, 5.74) is -0.541. The van der Waals surface area contributed by atoms with Gasteiger partial charge in [-0.3, -0.25) is 4.79 Å². The molecule has 2 aromatic carbocycles. The van der Waals surface area contributed by atoms with Crippen LogP contribution in [0.5, 0.6) is 0 Å². The highest BCUT2D eigenvalue weighted by atomic mass is 16.3. The number of nitrogens with zero attached hydrogens (tertiary/aromatic N) is 1. The van der Waals surface area contributed by atoms with E-state index in [1.165, 1.54) is 12.8 Å². The monoisotopic (exact) mass is 338 g/mol. The molecule has 25 heavy (non-hydrogen) atoms. The van der Waals surface area contributed by atoms with Crippen LogP contribution in [0.3, 0.4) is 0 Å². The third kappa shape index (κ3) is 3.75. The van der Waals surface area contributed by atoms with Crippen LogP contribution >= 0.6 is 0 Å². The molecule has 132 valence electrons. The van der Waals surface area contributed by atoms with E-state index in [0.29, 0.717) is 29.6 Å². The zero-order chi connectivity index (χ0) is 17.9. The summed E-state index contributed by atoms with van der Waals surface area (Å²) in [7, 11) is 4.07. The molecule has 1 atom stereocenters. The Kier molecular flexibility index (Phi) is 5.21. The zero-order valence-corrected chi connectivity index (χ0v) is 14.9. The van der Waals surface area contributed by atoms with Crippen LogP contribution in [0.4, 0.5) is 0 Å². The number of hydrogen-bond donors (Lipinski definition) is 2. The first kappa shape index (κ1) is 17.6. The zero-order valence-electron chi connectivity index (χ0n) is 14.9.